The van der Waals surface area contributed by atoms with Crippen LogP contribution in [0.25, 0.3) is 11.1 Å². The van der Waals surface area contributed by atoms with E-state index >= 15 is 0 Å². The Labute approximate surface area is 161 Å². The van der Waals surface area contributed by atoms with Crippen LogP contribution in [0.4, 0.5) is 0 Å². The van der Waals surface area contributed by atoms with Crippen LogP contribution in [-0.2, 0) is 14.6 Å². The molecule has 27 heavy (non-hydrogen) atoms. The molecular weight excluding hydrogens is 392 g/mol. The van der Waals surface area contributed by atoms with Gasteiger partial charge in [-0.3, -0.25) is 10.0 Å². The molecule has 3 rings (SSSR count). The number of rotatable bonds is 4. The van der Waals surface area contributed by atoms with Gasteiger partial charge in [0.1, 0.15) is 5.25 Å². The Morgan fingerprint density at radius 3 is 2.52 bits per heavy atom. The predicted molar refractivity (Wildman–Crippen MR) is 100 cm³/mol. The third-order valence-electron chi connectivity index (χ3n) is 4.72. The average Bonchev–Trinajstić information content (AvgIpc) is 2.67. The normalized spacial score (nSPS) is 23.0. The summed E-state index contributed by atoms with van der Waals surface area (Å²) in [6.45, 7) is 0.0510. The van der Waals surface area contributed by atoms with Gasteiger partial charge in [0, 0.05) is 11.6 Å². The Morgan fingerprint density at radius 1 is 1.19 bits per heavy atom. The molecule has 0 spiro atoms. The number of carbonyl (C=O) groups excluding carboxylic acids is 1. The number of benzene rings is 2. The third-order valence-corrected chi connectivity index (χ3v) is 7.26. The Bertz CT molecular complexity index is 948. The van der Waals surface area contributed by atoms with E-state index in [4.69, 9.17) is 16.8 Å². The first-order chi connectivity index (χ1) is 12.8. The number of hydroxylamine groups is 1. The summed E-state index contributed by atoms with van der Waals surface area (Å²) in [4.78, 5) is 11.9. The lowest BCUT2D eigenvalue weighted by atomic mass is 9.93. The summed E-state index contributed by atoms with van der Waals surface area (Å²) in [7, 11) is -4.02. The van der Waals surface area contributed by atoms with Crippen molar-refractivity contribution >= 4 is 27.3 Å². The Hall–Kier alpha value is -1.97. The fourth-order valence-corrected chi connectivity index (χ4v) is 5.44. The van der Waals surface area contributed by atoms with Crippen molar-refractivity contribution in [3.05, 3.63) is 53.6 Å². The average molecular weight is 411 g/mol. The topological polar surface area (TPSA) is 116 Å². The number of aliphatic hydroxyl groups is 1. The summed E-state index contributed by atoms with van der Waals surface area (Å²) in [6, 6.07) is 13.3. The van der Waals surface area contributed by atoms with Crippen LogP contribution >= 0.6 is 11.6 Å². The predicted octanol–water partition coefficient (Wildman–Crippen LogP) is 1.38. The van der Waals surface area contributed by atoms with Crippen LogP contribution in [0.3, 0.4) is 0 Å². The second kappa shape index (κ2) is 7.57. The zero-order chi connectivity index (χ0) is 19.7. The van der Waals surface area contributed by atoms with E-state index in [-0.39, 0.29) is 17.9 Å². The van der Waals surface area contributed by atoms with Crippen LogP contribution in [0.15, 0.2) is 53.4 Å². The Kier molecular flexibility index (Phi) is 5.55. The molecule has 9 heteroatoms. The van der Waals surface area contributed by atoms with Crippen LogP contribution in [-0.4, -0.2) is 48.6 Å². The van der Waals surface area contributed by atoms with E-state index in [0.29, 0.717) is 11.6 Å². The molecule has 2 atom stereocenters. The molecule has 1 heterocycles. The smallest absolute Gasteiger partial charge is 0.277 e. The number of halogens is 1. The largest absolute Gasteiger partial charge is 0.377 e. The Balaban J connectivity index is 1.95. The van der Waals surface area contributed by atoms with Gasteiger partial charge in [-0.2, -0.15) is 0 Å². The van der Waals surface area contributed by atoms with Crippen LogP contribution in [0.2, 0.25) is 5.02 Å². The zero-order valence-corrected chi connectivity index (χ0v) is 15.8. The van der Waals surface area contributed by atoms with Crippen molar-refractivity contribution in [2.45, 2.75) is 22.2 Å². The summed E-state index contributed by atoms with van der Waals surface area (Å²) >= 11 is 5.99. The maximum Gasteiger partial charge on any atom is 0.277 e. The SMILES string of the molecule is O=C(NO)C1(O)CNCCC1S(=O)(=O)c1ccc(-c2cccc(Cl)c2)cc1. The van der Waals surface area contributed by atoms with Crippen molar-refractivity contribution in [3.63, 3.8) is 0 Å². The van der Waals surface area contributed by atoms with Crippen molar-refractivity contribution in [2.24, 2.45) is 0 Å². The number of amides is 1. The number of hydrogen-bond donors (Lipinski definition) is 4. The van der Waals surface area contributed by atoms with Gasteiger partial charge in [0.2, 0.25) is 0 Å². The van der Waals surface area contributed by atoms with Crippen molar-refractivity contribution in [2.75, 3.05) is 13.1 Å². The van der Waals surface area contributed by atoms with Gasteiger partial charge in [-0.05, 0) is 48.4 Å². The van der Waals surface area contributed by atoms with E-state index in [9.17, 15) is 18.3 Å². The van der Waals surface area contributed by atoms with Crippen molar-refractivity contribution in [3.8, 4) is 11.1 Å². The number of hydrogen-bond acceptors (Lipinski definition) is 6. The van der Waals surface area contributed by atoms with Crippen LogP contribution in [0.1, 0.15) is 6.42 Å². The molecule has 2 aromatic carbocycles. The fourth-order valence-electron chi connectivity index (χ4n) is 3.27. The van der Waals surface area contributed by atoms with E-state index in [1.165, 1.54) is 17.6 Å². The third kappa shape index (κ3) is 3.71. The van der Waals surface area contributed by atoms with Crippen molar-refractivity contribution in [1.82, 2.24) is 10.8 Å². The first kappa shape index (κ1) is 19.8. The van der Waals surface area contributed by atoms with Crippen LogP contribution < -0.4 is 10.8 Å². The molecular formula is C18H19ClN2O5S. The van der Waals surface area contributed by atoms with Gasteiger partial charge in [0.15, 0.2) is 15.4 Å². The van der Waals surface area contributed by atoms with E-state index in [2.05, 4.69) is 5.32 Å². The van der Waals surface area contributed by atoms with Crippen LogP contribution in [0.5, 0.6) is 0 Å². The van der Waals surface area contributed by atoms with Gasteiger partial charge in [-0.1, -0.05) is 35.9 Å². The molecule has 1 aliphatic heterocycles. The summed E-state index contributed by atoms with van der Waals surface area (Å²) in [6.07, 6.45) is 0.0301. The highest BCUT2D eigenvalue weighted by Gasteiger charge is 2.52. The molecule has 0 bridgehead atoms. The summed E-state index contributed by atoms with van der Waals surface area (Å²) in [5.74, 6) is -1.15. The van der Waals surface area contributed by atoms with Gasteiger partial charge in [-0.25, -0.2) is 13.9 Å². The highest BCUT2D eigenvalue weighted by molar-refractivity contribution is 7.92. The maximum absolute atomic E-state index is 13.1. The molecule has 2 aromatic rings. The second-order valence-electron chi connectivity index (χ2n) is 6.40. The van der Waals surface area contributed by atoms with E-state index < -0.39 is 26.6 Å². The number of carbonyl (C=O) groups is 1. The second-order valence-corrected chi connectivity index (χ2v) is 8.97. The molecule has 1 amide bonds. The van der Waals surface area contributed by atoms with Crippen LogP contribution in [0, 0.1) is 0 Å². The monoisotopic (exact) mass is 410 g/mol. The minimum Gasteiger partial charge on any atom is -0.377 e. The Morgan fingerprint density at radius 2 is 1.89 bits per heavy atom. The number of nitrogens with one attached hydrogen (secondary N) is 2. The molecule has 4 N–H and O–H groups in total. The number of sulfone groups is 1. The lowest BCUT2D eigenvalue weighted by molar-refractivity contribution is -0.149. The van der Waals surface area contributed by atoms with Crippen molar-refractivity contribution < 1.29 is 23.5 Å². The number of β-amino-alcohol motifs (C(OH)–C–C–N with tert-alkyl or cyclic N) is 1. The first-order valence-corrected chi connectivity index (χ1v) is 10.2. The van der Waals surface area contributed by atoms with Gasteiger partial charge in [-0.15, -0.1) is 0 Å². The zero-order valence-electron chi connectivity index (χ0n) is 14.2. The molecule has 0 saturated carbocycles. The molecule has 1 saturated heterocycles. The van der Waals surface area contributed by atoms with E-state index in [1.54, 1.807) is 30.3 Å². The molecule has 0 radical (unpaired) electrons. The summed E-state index contributed by atoms with van der Waals surface area (Å²) in [5, 5.41) is 21.5. The lowest BCUT2D eigenvalue weighted by Crippen LogP contribution is -2.65. The highest BCUT2D eigenvalue weighted by Crippen LogP contribution is 2.31. The summed E-state index contributed by atoms with van der Waals surface area (Å²) < 4.78 is 26.1. The van der Waals surface area contributed by atoms with E-state index in [1.807, 2.05) is 6.07 Å². The van der Waals surface area contributed by atoms with Gasteiger partial charge >= 0.3 is 0 Å². The molecule has 0 aliphatic carbocycles. The van der Waals surface area contributed by atoms with E-state index in [0.717, 1.165) is 11.1 Å². The van der Waals surface area contributed by atoms with Gasteiger partial charge < -0.3 is 10.4 Å². The molecule has 0 aromatic heterocycles. The van der Waals surface area contributed by atoms with Gasteiger partial charge in [0.25, 0.3) is 5.91 Å². The van der Waals surface area contributed by atoms with Gasteiger partial charge in [0.05, 0.1) is 4.90 Å². The quantitative estimate of drug-likeness (QED) is 0.447. The maximum atomic E-state index is 13.1. The molecule has 2 unspecified atom stereocenters. The minimum absolute atomic E-state index is 0.00987. The number of piperidine rings is 1. The highest BCUT2D eigenvalue weighted by atomic mass is 35.5. The molecule has 1 aliphatic rings. The minimum atomic E-state index is -4.02. The molecule has 1 fully saturated rings. The fraction of sp³-hybridized carbons (Fsp3) is 0.278. The van der Waals surface area contributed by atoms with Crippen molar-refractivity contribution in [1.29, 1.82) is 0 Å². The summed E-state index contributed by atoms with van der Waals surface area (Å²) in [5.41, 5.74) is 0.712. The molecule has 144 valence electrons. The molecule has 7 nitrogen and oxygen atoms in total. The standard InChI is InChI=1S/C18H19ClN2O5S/c19-14-3-1-2-13(10-14)12-4-6-15(7-5-12)27(25,26)16-8-9-20-11-18(16,23)17(22)21-24/h1-7,10,16,20,23-24H,8-9,11H2,(H,21,22). The lowest BCUT2D eigenvalue weighted by Gasteiger charge is -2.37. The first-order valence-electron chi connectivity index (χ1n) is 8.26.